The fourth-order valence-corrected chi connectivity index (χ4v) is 5.93. The van der Waals surface area contributed by atoms with Crippen molar-refractivity contribution in [2.45, 2.75) is 19.0 Å². The molecule has 0 unspecified atom stereocenters. The van der Waals surface area contributed by atoms with Crippen molar-refractivity contribution in [1.82, 2.24) is 8.61 Å². The van der Waals surface area contributed by atoms with Crippen LogP contribution in [-0.4, -0.2) is 52.3 Å². The summed E-state index contributed by atoms with van der Waals surface area (Å²) in [6.07, 6.45) is 0.661. The summed E-state index contributed by atoms with van der Waals surface area (Å²) < 4.78 is 27.9. The molecule has 2 aliphatic heterocycles. The van der Waals surface area contributed by atoms with E-state index in [9.17, 15) is 13.2 Å². The van der Waals surface area contributed by atoms with Crippen molar-refractivity contribution >= 4 is 27.9 Å². The van der Waals surface area contributed by atoms with Gasteiger partial charge in [-0.25, -0.2) is 0 Å². The topological polar surface area (TPSA) is 77.9 Å². The summed E-state index contributed by atoms with van der Waals surface area (Å²) in [5.74, 6) is -0.572. The highest BCUT2D eigenvalue weighted by Crippen LogP contribution is 2.29. The molecule has 2 aliphatic rings. The van der Waals surface area contributed by atoms with Gasteiger partial charge in [-0.2, -0.15) is 17.0 Å². The van der Waals surface area contributed by atoms with Crippen molar-refractivity contribution in [3.8, 4) is 0 Å². The van der Waals surface area contributed by atoms with Crippen LogP contribution in [0, 0.1) is 0 Å². The molecule has 21 heavy (non-hydrogen) atoms. The molecule has 1 fully saturated rings. The average Bonchev–Trinajstić information content (AvgIpc) is 2.97. The van der Waals surface area contributed by atoms with Crippen LogP contribution >= 0.6 is 11.8 Å². The molecular formula is C13H16N2O4S2. The number of thioether (sulfide) groups is 1. The van der Waals surface area contributed by atoms with Gasteiger partial charge in [0.15, 0.2) is 0 Å². The second-order valence-corrected chi connectivity index (χ2v) is 7.98. The molecule has 0 bridgehead atoms. The van der Waals surface area contributed by atoms with Crippen molar-refractivity contribution in [1.29, 1.82) is 0 Å². The largest absolute Gasteiger partial charge is 0.480 e. The molecule has 0 saturated carbocycles. The van der Waals surface area contributed by atoms with Crippen molar-refractivity contribution in [3.05, 3.63) is 35.4 Å². The second-order valence-electron chi connectivity index (χ2n) is 5.10. The van der Waals surface area contributed by atoms with Gasteiger partial charge < -0.3 is 5.11 Å². The molecule has 114 valence electrons. The highest BCUT2D eigenvalue weighted by atomic mass is 32.2. The minimum absolute atomic E-state index is 0.206. The van der Waals surface area contributed by atoms with E-state index in [0.717, 1.165) is 15.4 Å². The van der Waals surface area contributed by atoms with Crippen molar-refractivity contribution in [2.24, 2.45) is 0 Å². The zero-order valence-electron chi connectivity index (χ0n) is 11.3. The monoisotopic (exact) mass is 328 g/mol. The lowest BCUT2D eigenvalue weighted by Gasteiger charge is -2.32. The summed E-state index contributed by atoms with van der Waals surface area (Å²) in [4.78, 5) is 11.2. The molecule has 1 aromatic rings. The van der Waals surface area contributed by atoms with E-state index >= 15 is 0 Å². The zero-order chi connectivity index (χ0) is 15.0. The summed E-state index contributed by atoms with van der Waals surface area (Å²) in [7, 11) is -3.73. The van der Waals surface area contributed by atoms with E-state index in [-0.39, 0.29) is 5.88 Å². The second kappa shape index (κ2) is 5.60. The molecule has 0 radical (unpaired) electrons. The Balaban J connectivity index is 1.85. The summed E-state index contributed by atoms with van der Waals surface area (Å²) >= 11 is 1.33. The number of fused-ring (bicyclic) bond motifs is 1. The molecule has 3 rings (SSSR count). The van der Waals surface area contributed by atoms with Crippen LogP contribution in [0.4, 0.5) is 0 Å². The first kappa shape index (κ1) is 14.8. The minimum atomic E-state index is -3.73. The SMILES string of the molecule is O=C(O)[C@@H]1CSCN1S(=O)(=O)N1CCc2ccccc2C1. The standard InChI is InChI=1S/C13H16N2O4S2/c16-13(17)12-8-20-9-15(12)21(18,19)14-6-5-10-3-1-2-4-11(10)7-14/h1-4,12H,5-9H2,(H,16,17)/t12-/m0/s1. The number of carboxylic acids is 1. The van der Waals surface area contributed by atoms with Gasteiger partial charge in [-0.05, 0) is 17.5 Å². The third-order valence-corrected chi connectivity index (χ3v) is 6.96. The van der Waals surface area contributed by atoms with Crippen LogP contribution in [-0.2, 0) is 28.0 Å². The molecule has 0 spiro atoms. The van der Waals surface area contributed by atoms with E-state index in [1.165, 1.54) is 16.1 Å². The average molecular weight is 328 g/mol. The molecular weight excluding hydrogens is 312 g/mol. The van der Waals surface area contributed by atoms with Crippen LogP contribution in [0.25, 0.3) is 0 Å². The Morgan fingerprint density at radius 2 is 2.00 bits per heavy atom. The van der Waals surface area contributed by atoms with E-state index in [4.69, 9.17) is 5.11 Å². The van der Waals surface area contributed by atoms with Crippen LogP contribution in [0.1, 0.15) is 11.1 Å². The zero-order valence-corrected chi connectivity index (χ0v) is 12.9. The quantitative estimate of drug-likeness (QED) is 0.886. The molecule has 0 aromatic heterocycles. The third-order valence-electron chi connectivity index (χ3n) is 3.85. The van der Waals surface area contributed by atoms with Crippen LogP contribution in [0.2, 0.25) is 0 Å². The van der Waals surface area contributed by atoms with Gasteiger partial charge in [0.1, 0.15) is 6.04 Å². The Morgan fingerprint density at radius 3 is 2.71 bits per heavy atom. The summed E-state index contributed by atoms with van der Waals surface area (Å²) in [6.45, 7) is 0.707. The number of aliphatic carboxylic acids is 1. The number of hydrogen-bond donors (Lipinski definition) is 1. The lowest BCUT2D eigenvalue weighted by Crippen LogP contribution is -2.50. The van der Waals surface area contributed by atoms with E-state index in [2.05, 4.69) is 0 Å². The molecule has 1 aromatic carbocycles. The van der Waals surface area contributed by atoms with Gasteiger partial charge >= 0.3 is 5.97 Å². The van der Waals surface area contributed by atoms with Crippen LogP contribution in [0.3, 0.4) is 0 Å². The van der Waals surface area contributed by atoms with Crippen molar-refractivity contribution in [2.75, 3.05) is 18.2 Å². The number of hydrogen-bond acceptors (Lipinski definition) is 4. The number of carboxylic acid groups (broad SMARTS) is 1. The van der Waals surface area contributed by atoms with Gasteiger partial charge in [0.05, 0.1) is 5.88 Å². The van der Waals surface area contributed by atoms with E-state index < -0.39 is 22.2 Å². The molecule has 2 heterocycles. The minimum Gasteiger partial charge on any atom is -0.480 e. The van der Waals surface area contributed by atoms with Crippen LogP contribution in [0.15, 0.2) is 24.3 Å². The number of benzene rings is 1. The maximum Gasteiger partial charge on any atom is 0.322 e. The fraction of sp³-hybridized carbons (Fsp3) is 0.462. The van der Waals surface area contributed by atoms with Gasteiger partial charge in [0, 0.05) is 18.8 Å². The predicted octanol–water partition coefficient (Wildman–Crippen LogP) is 0.749. The Labute approximate surface area is 127 Å². The third kappa shape index (κ3) is 2.68. The van der Waals surface area contributed by atoms with Crippen molar-refractivity contribution < 1.29 is 18.3 Å². The first-order chi connectivity index (χ1) is 10.00. The molecule has 1 saturated heterocycles. The highest BCUT2D eigenvalue weighted by molar-refractivity contribution is 8.00. The first-order valence-corrected chi connectivity index (χ1v) is 9.19. The Kier molecular flexibility index (Phi) is 3.96. The summed E-state index contributed by atoms with van der Waals surface area (Å²) in [5, 5.41) is 9.17. The molecule has 1 atom stereocenters. The normalized spacial score (nSPS) is 23.9. The first-order valence-electron chi connectivity index (χ1n) is 6.64. The summed E-state index contributed by atoms with van der Waals surface area (Å²) in [6, 6.07) is 6.80. The maximum atomic E-state index is 12.7. The molecule has 1 N–H and O–H groups in total. The molecule has 8 heteroatoms. The van der Waals surface area contributed by atoms with E-state index in [1.54, 1.807) is 0 Å². The summed E-state index contributed by atoms with van der Waals surface area (Å²) in [5.41, 5.74) is 2.15. The molecule has 0 aliphatic carbocycles. The lowest BCUT2D eigenvalue weighted by atomic mass is 10.0. The lowest BCUT2D eigenvalue weighted by molar-refractivity contribution is -0.140. The molecule has 6 nitrogen and oxygen atoms in total. The predicted molar refractivity (Wildman–Crippen MR) is 80.1 cm³/mol. The van der Waals surface area contributed by atoms with Gasteiger partial charge in [-0.3, -0.25) is 4.79 Å². The van der Waals surface area contributed by atoms with Crippen LogP contribution in [0.5, 0.6) is 0 Å². The van der Waals surface area contributed by atoms with E-state index in [1.807, 2.05) is 24.3 Å². The Hall–Kier alpha value is -1.09. The van der Waals surface area contributed by atoms with Gasteiger partial charge in [-0.1, -0.05) is 24.3 Å². The Bertz CT molecular complexity index is 662. The molecule has 0 amide bonds. The van der Waals surface area contributed by atoms with Gasteiger partial charge in [0.2, 0.25) is 0 Å². The Morgan fingerprint density at radius 1 is 1.29 bits per heavy atom. The van der Waals surface area contributed by atoms with Gasteiger partial charge in [0.25, 0.3) is 10.2 Å². The van der Waals surface area contributed by atoms with Gasteiger partial charge in [-0.15, -0.1) is 11.8 Å². The van der Waals surface area contributed by atoms with E-state index in [0.29, 0.717) is 25.3 Å². The number of nitrogens with zero attached hydrogens (tertiary/aromatic N) is 2. The fourth-order valence-electron chi connectivity index (χ4n) is 2.66. The number of rotatable bonds is 3. The smallest absolute Gasteiger partial charge is 0.322 e. The van der Waals surface area contributed by atoms with Crippen molar-refractivity contribution in [3.63, 3.8) is 0 Å². The number of carbonyl (C=O) groups is 1. The maximum absolute atomic E-state index is 12.7. The van der Waals surface area contributed by atoms with Crippen LogP contribution < -0.4 is 0 Å². The highest BCUT2D eigenvalue weighted by Gasteiger charge is 2.42.